The first-order valence-electron chi connectivity index (χ1n) is 9.45. The fourth-order valence-electron chi connectivity index (χ4n) is 2.97. The quantitative estimate of drug-likeness (QED) is 0.444. The van der Waals surface area contributed by atoms with Crippen LogP contribution < -0.4 is 0 Å². The molecule has 0 atom stereocenters. The average Bonchev–Trinajstić information content (AvgIpc) is 2.61. The van der Waals surface area contributed by atoms with Crippen molar-refractivity contribution in [2.45, 2.75) is 76.0 Å². The standard InChI is InChI=1S/C22H30O2S2/c1-5-7-9-17-11-15(3)13-19(21(17)23)25-26-20-14-16(4)12-18(22(20)24)10-8-6-2/h11-14,23-24H,5-10H2,1-4H3. The van der Waals surface area contributed by atoms with Gasteiger partial charge in [-0.25, -0.2) is 0 Å². The van der Waals surface area contributed by atoms with Crippen LogP contribution in [0, 0.1) is 13.8 Å². The Morgan fingerprint density at radius 2 is 1.08 bits per heavy atom. The summed E-state index contributed by atoms with van der Waals surface area (Å²) in [4.78, 5) is 1.74. The molecule has 0 aliphatic heterocycles. The van der Waals surface area contributed by atoms with Crippen LogP contribution in [-0.2, 0) is 12.8 Å². The minimum atomic E-state index is 0.389. The van der Waals surface area contributed by atoms with Crippen LogP contribution in [0.3, 0.4) is 0 Å². The van der Waals surface area contributed by atoms with Gasteiger partial charge in [0.2, 0.25) is 0 Å². The van der Waals surface area contributed by atoms with E-state index in [2.05, 4.69) is 39.8 Å². The highest BCUT2D eigenvalue weighted by atomic mass is 33.1. The molecule has 26 heavy (non-hydrogen) atoms. The van der Waals surface area contributed by atoms with Gasteiger partial charge in [0.1, 0.15) is 11.5 Å². The van der Waals surface area contributed by atoms with Gasteiger partial charge in [-0.15, -0.1) is 0 Å². The molecule has 2 nitrogen and oxygen atoms in total. The molecule has 0 unspecified atom stereocenters. The second kappa shape index (κ2) is 10.2. The third-order valence-corrected chi connectivity index (χ3v) is 6.81. The molecule has 2 aromatic carbocycles. The van der Waals surface area contributed by atoms with E-state index >= 15 is 0 Å². The lowest BCUT2D eigenvalue weighted by Crippen LogP contribution is -1.90. The molecule has 0 saturated heterocycles. The minimum Gasteiger partial charge on any atom is -0.506 e. The maximum atomic E-state index is 10.6. The molecule has 0 bridgehead atoms. The maximum absolute atomic E-state index is 10.6. The minimum absolute atomic E-state index is 0.389. The molecule has 142 valence electrons. The molecule has 0 heterocycles. The Kier molecular flexibility index (Phi) is 8.23. The van der Waals surface area contributed by atoms with E-state index in [4.69, 9.17) is 0 Å². The Bertz CT molecular complexity index is 678. The number of aryl methyl sites for hydroxylation is 4. The van der Waals surface area contributed by atoms with Crippen molar-refractivity contribution in [1.82, 2.24) is 0 Å². The van der Waals surface area contributed by atoms with Gasteiger partial charge in [0.05, 0.1) is 9.79 Å². The summed E-state index contributed by atoms with van der Waals surface area (Å²) in [5, 5.41) is 21.2. The van der Waals surface area contributed by atoms with E-state index in [1.54, 1.807) is 0 Å². The van der Waals surface area contributed by atoms with Crippen molar-refractivity contribution < 1.29 is 10.2 Å². The molecular weight excluding hydrogens is 360 g/mol. The summed E-state index contributed by atoms with van der Waals surface area (Å²) < 4.78 is 0. The largest absolute Gasteiger partial charge is 0.506 e. The first-order chi connectivity index (χ1) is 12.5. The van der Waals surface area contributed by atoms with Gasteiger partial charge < -0.3 is 10.2 Å². The number of benzene rings is 2. The second-order valence-corrected chi connectivity index (χ2v) is 9.13. The highest BCUT2D eigenvalue weighted by molar-refractivity contribution is 8.76. The third-order valence-electron chi connectivity index (χ3n) is 4.42. The van der Waals surface area contributed by atoms with E-state index in [0.29, 0.717) is 11.5 Å². The van der Waals surface area contributed by atoms with Crippen molar-refractivity contribution in [1.29, 1.82) is 0 Å². The van der Waals surface area contributed by atoms with Gasteiger partial charge in [-0.05, 0) is 95.5 Å². The van der Waals surface area contributed by atoms with Crippen LogP contribution in [-0.4, -0.2) is 10.2 Å². The summed E-state index contributed by atoms with van der Waals surface area (Å²) >= 11 is 0. The van der Waals surface area contributed by atoms with Crippen LogP contribution >= 0.6 is 21.6 Å². The summed E-state index contributed by atoms with van der Waals surface area (Å²) in [5.74, 6) is 0.778. The van der Waals surface area contributed by atoms with Crippen LogP contribution in [0.15, 0.2) is 34.1 Å². The number of aromatic hydroxyl groups is 2. The van der Waals surface area contributed by atoms with Gasteiger partial charge >= 0.3 is 0 Å². The molecule has 2 N–H and O–H groups in total. The molecule has 2 aromatic rings. The predicted octanol–water partition coefficient (Wildman–Crippen LogP) is 7.20. The maximum Gasteiger partial charge on any atom is 0.133 e. The lowest BCUT2D eigenvalue weighted by Gasteiger charge is -2.13. The zero-order valence-corrected chi connectivity index (χ0v) is 17.9. The summed E-state index contributed by atoms with van der Waals surface area (Å²) in [5.41, 5.74) is 4.36. The van der Waals surface area contributed by atoms with E-state index in [1.807, 2.05) is 12.1 Å². The van der Waals surface area contributed by atoms with Crippen molar-refractivity contribution in [3.05, 3.63) is 46.5 Å². The highest BCUT2D eigenvalue weighted by Gasteiger charge is 2.14. The molecule has 0 fully saturated rings. The molecule has 0 aliphatic rings. The van der Waals surface area contributed by atoms with Gasteiger partial charge in [0.25, 0.3) is 0 Å². The Labute approximate surface area is 165 Å². The topological polar surface area (TPSA) is 40.5 Å². The SMILES string of the molecule is CCCCc1cc(C)cc(SSc2cc(C)cc(CCCC)c2O)c1O. The Morgan fingerprint density at radius 3 is 1.42 bits per heavy atom. The van der Waals surface area contributed by atoms with Gasteiger partial charge in [0, 0.05) is 0 Å². The first kappa shape index (κ1) is 21.0. The zero-order chi connectivity index (χ0) is 19.1. The van der Waals surface area contributed by atoms with E-state index in [1.165, 1.54) is 21.6 Å². The van der Waals surface area contributed by atoms with Crippen LogP contribution in [0.25, 0.3) is 0 Å². The number of hydrogen-bond donors (Lipinski definition) is 2. The lowest BCUT2D eigenvalue weighted by atomic mass is 10.0. The highest BCUT2D eigenvalue weighted by Crippen LogP contribution is 2.47. The summed E-state index contributed by atoms with van der Waals surface area (Å²) in [6.07, 6.45) is 6.18. The summed E-state index contributed by atoms with van der Waals surface area (Å²) in [6, 6.07) is 8.19. The Balaban J connectivity index is 2.21. The molecule has 0 aliphatic carbocycles. The van der Waals surface area contributed by atoms with E-state index in [9.17, 15) is 10.2 Å². The monoisotopic (exact) mass is 390 g/mol. The van der Waals surface area contributed by atoms with Crippen molar-refractivity contribution in [3.8, 4) is 11.5 Å². The Hall–Kier alpha value is -1.26. The van der Waals surface area contributed by atoms with Crippen LogP contribution in [0.5, 0.6) is 11.5 Å². The van der Waals surface area contributed by atoms with Gasteiger partial charge in [-0.2, -0.15) is 0 Å². The zero-order valence-electron chi connectivity index (χ0n) is 16.3. The molecule has 0 aromatic heterocycles. The molecule has 4 heteroatoms. The summed E-state index contributed by atoms with van der Waals surface area (Å²) in [7, 11) is 3.05. The number of unbranched alkanes of at least 4 members (excludes halogenated alkanes) is 2. The normalized spacial score (nSPS) is 11.1. The molecule has 0 radical (unpaired) electrons. The van der Waals surface area contributed by atoms with Crippen LogP contribution in [0.1, 0.15) is 61.8 Å². The number of rotatable bonds is 9. The van der Waals surface area contributed by atoms with Crippen LogP contribution in [0.4, 0.5) is 0 Å². The fourth-order valence-corrected chi connectivity index (χ4v) is 5.34. The van der Waals surface area contributed by atoms with Crippen molar-refractivity contribution in [2.75, 3.05) is 0 Å². The number of phenols is 2. The fraction of sp³-hybridized carbons (Fsp3) is 0.455. The average molecular weight is 391 g/mol. The smallest absolute Gasteiger partial charge is 0.133 e. The van der Waals surface area contributed by atoms with Crippen molar-refractivity contribution in [3.63, 3.8) is 0 Å². The number of phenolic OH excluding ortho intramolecular Hbond substituents is 2. The molecule has 0 spiro atoms. The molecule has 0 saturated carbocycles. The van der Waals surface area contributed by atoms with E-state index in [-0.39, 0.29) is 0 Å². The second-order valence-electron chi connectivity index (χ2n) is 6.92. The van der Waals surface area contributed by atoms with Crippen LogP contribution in [0.2, 0.25) is 0 Å². The van der Waals surface area contributed by atoms with E-state index < -0.39 is 0 Å². The van der Waals surface area contributed by atoms with Gasteiger partial charge in [-0.3, -0.25) is 0 Å². The third kappa shape index (κ3) is 5.62. The van der Waals surface area contributed by atoms with Gasteiger partial charge in [-0.1, -0.05) is 38.8 Å². The summed E-state index contributed by atoms with van der Waals surface area (Å²) in [6.45, 7) is 8.46. The predicted molar refractivity (Wildman–Crippen MR) is 115 cm³/mol. The number of hydrogen-bond acceptors (Lipinski definition) is 4. The van der Waals surface area contributed by atoms with Crippen molar-refractivity contribution >= 4 is 21.6 Å². The molecule has 0 amide bonds. The molecular formula is C22H30O2S2. The lowest BCUT2D eigenvalue weighted by molar-refractivity contribution is 0.453. The van der Waals surface area contributed by atoms with E-state index in [0.717, 1.165) is 70.6 Å². The molecule has 2 rings (SSSR count). The first-order valence-corrected chi connectivity index (χ1v) is 11.6. The van der Waals surface area contributed by atoms with Gasteiger partial charge in [0.15, 0.2) is 0 Å². The Morgan fingerprint density at radius 1 is 0.692 bits per heavy atom. The van der Waals surface area contributed by atoms with Crippen molar-refractivity contribution in [2.24, 2.45) is 0 Å².